The second-order valence-corrected chi connectivity index (χ2v) is 10.2. The fourth-order valence-corrected chi connectivity index (χ4v) is 5.21. The van der Waals surface area contributed by atoms with Crippen molar-refractivity contribution in [1.82, 2.24) is 4.90 Å². The third-order valence-electron chi connectivity index (χ3n) is 7.18. The standard InChI is InChI=1S/C35H36N2O4/c1-39-34-21-26(22-35(36)38)17-18-33(34)40-20-10-19-37(24-30-23-29-15-8-9-16-32(29)41-30)25-31(27-11-4-2-5-12-27)28-13-6-3-7-14-28/h2-9,11-18,21,23,31H,10,19-20,22,24-25H2,1H3,(H2,36,38). The molecule has 0 aliphatic rings. The quantitative estimate of drug-likeness (QED) is 0.159. The van der Waals surface area contributed by atoms with Crippen molar-refractivity contribution in [2.75, 3.05) is 26.8 Å². The molecule has 0 saturated heterocycles. The highest BCUT2D eigenvalue weighted by atomic mass is 16.5. The Labute approximate surface area is 241 Å². The predicted molar refractivity (Wildman–Crippen MR) is 162 cm³/mol. The molecule has 1 amide bonds. The molecule has 0 atom stereocenters. The molecule has 4 aromatic carbocycles. The second-order valence-electron chi connectivity index (χ2n) is 10.2. The first kappa shape index (κ1) is 28.0. The van der Waals surface area contributed by atoms with Crippen molar-refractivity contribution in [3.05, 3.63) is 132 Å². The van der Waals surface area contributed by atoms with Crippen LogP contribution in [0.3, 0.4) is 0 Å². The van der Waals surface area contributed by atoms with Gasteiger partial charge in [-0.05, 0) is 47.4 Å². The fourth-order valence-electron chi connectivity index (χ4n) is 5.21. The number of nitrogens with zero attached hydrogens (tertiary/aromatic N) is 1. The molecule has 6 heteroatoms. The number of hydrogen-bond acceptors (Lipinski definition) is 5. The van der Waals surface area contributed by atoms with Crippen LogP contribution in [0.25, 0.3) is 11.0 Å². The number of carbonyl (C=O) groups excluding carboxylic acids is 1. The SMILES string of the molecule is COc1cc(CC(N)=O)ccc1OCCCN(Cc1cc2ccccc2o1)CC(c1ccccc1)c1ccccc1. The lowest BCUT2D eigenvalue weighted by Gasteiger charge is -2.28. The van der Waals surface area contributed by atoms with Crippen LogP contribution in [0, 0.1) is 0 Å². The Morgan fingerprint density at radius 2 is 1.54 bits per heavy atom. The lowest BCUT2D eigenvalue weighted by atomic mass is 9.90. The van der Waals surface area contributed by atoms with Crippen LogP contribution in [0.4, 0.5) is 0 Å². The zero-order valence-corrected chi connectivity index (χ0v) is 23.4. The minimum Gasteiger partial charge on any atom is -0.493 e. The average Bonchev–Trinajstić information content (AvgIpc) is 3.41. The molecule has 0 aliphatic carbocycles. The molecule has 1 aromatic heterocycles. The highest BCUT2D eigenvalue weighted by Gasteiger charge is 2.20. The predicted octanol–water partition coefficient (Wildman–Crippen LogP) is 6.57. The zero-order chi connectivity index (χ0) is 28.4. The first-order valence-electron chi connectivity index (χ1n) is 14.0. The maximum absolute atomic E-state index is 11.3. The summed E-state index contributed by atoms with van der Waals surface area (Å²) in [5, 5.41) is 1.11. The molecule has 0 bridgehead atoms. The summed E-state index contributed by atoms with van der Waals surface area (Å²) in [6.07, 6.45) is 0.972. The summed E-state index contributed by atoms with van der Waals surface area (Å²) in [5.74, 6) is 2.01. The summed E-state index contributed by atoms with van der Waals surface area (Å²) in [6.45, 7) is 2.85. The monoisotopic (exact) mass is 548 g/mol. The van der Waals surface area contributed by atoms with Crippen molar-refractivity contribution in [3.63, 3.8) is 0 Å². The summed E-state index contributed by atoms with van der Waals surface area (Å²) in [7, 11) is 1.60. The highest BCUT2D eigenvalue weighted by molar-refractivity contribution is 5.77. The fraction of sp³-hybridized carbons (Fsp3) is 0.229. The van der Waals surface area contributed by atoms with E-state index in [9.17, 15) is 4.79 Å². The molecule has 0 spiro atoms. The van der Waals surface area contributed by atoms with E-state index < -0.39 is 0 Å². The number of nitrogens with two attached hydrogens (primary N) is 1. The molecule has 0 aliphatic heterocycles. The number of carbonyl (C=O) groups is 1. The van der Waals surface area contributed by atoms with E-state index in [1.165, 1.54) is 11.1 Å². The van der Waals surface area contributed by atoms with Gasteiger partial charge in [-0.2, -0.15) is 0 Å². The summed E-state index contributed by atoms with van der Waals surface area (Å²) in [4.78, 5) is 13.7. The van der Waals surface area contributed by atoms with Crippen molar-refractivity contribution in [2.45, 2.75) is 25.3 Å². The van der Waals surface area contributed by atoms with Crippen molar-refractivity contribution >= 4 is 16.9 Å². The van der Waals surface area contributed by atoms with Gasteiger partial charge in [-0.3, -0.25) is 9.69 Å². The van der Waals surface area contributed by atoms with E-state index in [0.29, 0.717) is 24.7 Å². The van der Waals surface area contributed by atoms with Gasteiger partial charge in [-0.1, -0.05) is 84.9 Å². The normalized spacial score (nSPS) is 11.3. The van der Waals surface area contributed by atoms with Crippen LogP contribution in [0.2, 0.25) is 0 Å². The summed E-state index contributed by atoms with van der Waals surface area (Å²) in [6, 6.07) is 37.1. The molecular formula is C35H36N2O4. The van der Waals surface area contributed by atoms with E-state index >= 15 is 0 Å². The number of hydrogen-bond donors (Lipinski definition) is 1. The van der Waals surface area contributed by atoms with Gasteiger partial charge in [0, 0.05) is 24.4 Å². The van der Waals surface area contributed by atoms with Gasteiger partial charge in [-0.15, -0.1) is 0 Å². The highest BCUT2D eigenvalue weighted by Crippen LogP contribution is 2.30. The van der Waals surface area contributed by atoms with Gasteiger partial charge in [0.05, 0.1) is 26.7 Å². The Morgan fingerprint density at radius 3 is 2.20 bits per heavy atom. The molecule has 0 saturated carbocycles. The van der Waals surface area contributed by atoms with E-state index in [-0.39, 0.29) is 18.2 Å². The minimum atomic E-state index is -0.380. The van der Waals surface area contributed by atoms with Gasteiger partial charge in [0.25, 0.3) is 0 Å². The lowest BCUT2D eigenvalue weighted by molar-refractivity contribution is -0.117. The molecule has 1 heterocycles. The van der Waals surface area contributed by atoms with E-state index in [1.807, 2.05) is 30.3 Å². The first-order chi connectivity index (χ1) is 20.1. The van der Waals surface area contributed by atoms with E-state index in [2.05, 4.69) is 77.7 Å². The molecule has 210 valence electrons. The number of furan rings is 1. The third kappa shape index (κ3) is 7.56. The van der Waals surface area contributed by atoms with E-state index in [0.717, 1.165) is 41.8 Å². The number of fused-ring (bicyclic) bond motifs is 1. The number of benzene rings is 4. The van der Waals surface area contributed by atoms with Gasteiger partial charge in [0.15, 0.2) is 11.5 Å². The Balaban J connectivity index is 1.32. The first-order valence-corrected chi connectivity index (χ1v) is 14.0. The number of primary amides is 1. The number of rotatable bonds is 14. The molecule has 5 rings (SSSR count). The molecular weight excluding hydrogens is 512 g/mol. The lowest BCUT2D eigenvalue weighted by Crippen LogP contribution is -2.30. The Kier molecular flexibility index (Phi) is 9.34. The van der Waals surface area contributed by atoms with Crippen molar-refractivity contribution in [3.8, 4) is 11.5 Å². The maximum atomic E-state index is 11.3. The van der Waals surface area contributed by atoms with Gasteiger partial charge < -0.3 is 19.6 Å². The van der Waals surface area contributed by atoms with Gasteiger partial charge >= 0.3 is 0 Å². The second kappa shape index (κ2) is 13.7. The number of amides is 1. The van der Waals surface area contributed by atoms with Crippen LogP contribution in [0.1, 0.15) is 34.8 Å². The van der Waals surface area contributed by atoms with Gasteiger partial charge in [0.1, 0.15) is 11.3 Å². The van der Waals surface area contributed by atoms with Crippen LogP contribution in [0.5, 0.6) is 11.5 Å². The number of ether oxygens (including phenoxy) is 2. The van der Waals surface area contributed by atoms with Crippen molar-refractivity contribution in [1.29, 1.82) is 0 Å². The van der Waals surface area contributed by atoms with E-state index in [4.69, 9.17) is 19.6 Å². The molecule has 41 heavy (non-hydrogen) atoms. The largest absolute Gasteiger partial charge is 0.493 e. The molecule has 0 unspecified atom stereocenters. The molecule has 2 N–H and O–H groups in total. The number of para-hydroxylation sites is 1. The smallest absolute Gasteiger partial charge is 0.221 e. The Bertz CT molecular complexity index is 1480. The minimum absolute atomic E-state index is 0.164. The average molecular weight is 549 g/mol. The third-order valence-corrected chi connectivity index (χ3v) is 7.18. The van der Waals surface area contributed by atoms with Crippen molar-refractivity contribution in [2.24, 2.45) is 5.73 Å². The number of methoxy groups -OCH3 is 1. The molecule has 6 nitrogen and oxygen atoms in total. The van der Waals surface area contributed by atoms with E-state index in [1.54, 1.807) is 13.2 Å². The van der Waals surface area contributed by atoms with Crippen LogP contribution < -0.4 is 15.2 Å². The summed E-state index contributed by atoms with van der Waals surface area (Å²) >= 11 is 0. The van der Waals surface area contributed by atoms with Gasteiger partial charge in [-0.25, -0.2) is 0 Å². The zero-order valence-electron chi connectivity index (χ0n) is 23.4. The summed E-state index contributed by atoms with van der Waals surface area (Å²) in [5.41, 5.74) is 9.61. The molecule has 5 aromatic rings. The van der Waals surface area contributed by atoms with Crippen LogP contribution >= 0.6 is 0 Å². The molecule has 0 fully saturated rings. The Hall–Kier alpha value is -4.55. The molecule has 0 radical (unpaired) electrons. The Morgan fingerprint density at radius 1 is 0.854 bits per heavy atom. The van der Waals surface area contributed by atoms with Crippen LogP contribution in [-0.4, -0.2) is 37.6 Å². The van der Waals surface area contributed by atoms with Crippen LogP contribution in [-0.2, 0) is 17.8 Å². The summed E-state index contributed by atoms with van der Waals surface area (Å²) < 4.78 is 17.8. The van der Waals surface area contributed by atoms with Crippen LogP contribution in [0.15, 0.2) is 114 Å². The van der Waals surface area contributed by atoms with Gasteiger partial charge in [0.2, 0.25) is 5.91 Å². The topological polar surface area (TPSA) is 77.9 Å². The van der Waals surface area contributed by atoms with Crippen molar-refractivity contribution < 1.29 is 18.7 Å². The maximum Gasteiger partial charge on any atom is 0.221 e.